The molecule has 1 heterocycles. The Hall–Kier alpha value is -2.22. The normalized spacial score (nSPS) is 15.0. The molecule has 0 spiro atoms. The topological polar surface area (TPSA) is 75.7 Å². The van der Waals surface area contributed by atoms with Crippen molar-refractivity contribution in [3.05, 3.63) is 65.7 Å². The maximum Gasteiger partial charge on any atom is 0.254 e. The molecule has 3 rings (SSSR count). The van der Waals surface area contributed by atoms with Crippen LogP contribution in [0.5, 0.6) is 0 Å². The van der Waals surface area contributed by atoms with Crippen molar-refractivity contribution in [2.45, 2.75) is 11.3 Å². The van der Waals surface area contributed by atoms with Gasteiger partial charge in [-0.1, -0.05) is 36.4 Å². The average molecular weight is 374 g/mol. The third kappa shape index (κ3) is 4.69. The lowest BCUT2D eigenvalue weighted by Gasteiger charge is -2.27. The van der Waals surface area contributed by atoms with Gasteiger partial charge in [-0.15, -0.1) is 0 Å². The molecule has 138 valence electrons. The molecular formula is C19H22N2O4S. The summed E-state index contributed by atoms with van der Waals surface area (Å²) in [6.45, 7) is 2.35. The van der Waals surface area contributed by atoms with Gasteiger partial charge in [0.1, 0.15) is 0 Å². The zero-order valence-corrected chi connectivity index (χ0v) is 15.2. The molecule has 7 heteroatoms. The third-order valence-electron chi connectivity index (χ3n) is 4.24. The van der Waals surface area contributed by atoms with Crippen LogP contribution in [0.3, 0.4) is 0 Å². The van der Waals surface area contributed by atoms with Crippen molar-refractivity contribution in [3.63, 3.8) is 0 Å². The lowest BCUT2D eigenvalue weighted by Crippen LogP contribution is -2.40. The first-order chi connectivity index (χ1) is 12.6. The van der Waals surface area contributed by atoms with Gasteiger partial charge in [-0.25, -0.2) is 13.1 Å². The van der Waals surface area contributed by atoms with Crippen LogP contribution in [-0.4, -0.2) is 52.1 Å². The Balaban J connectivity index is 1.66. The van der Waals surface area contributed by atoms with E-state index in [1.807, 2.05) is 30.3 Å². The number of sulfonamides is 1. The van der Waals surface area contributed by atoms with Crippen molar-refractivity contribution in [1.29, 1.82) is 0 Å². The van der Waals surface area contributed by atoms with E-state index in [0.717, 1.165) is 5.56 Å². The van der Waals surface area contributed by atoms with Crippen LogP contribution in [0.4, 0.5) is 0 Å². The Kier molecular flexibility index (Phi) is 6.03. The van der Waals surface area contributed by atoms with E-state index in [1.54, 1.807) is 17.0 Å². The van der Waals surface area contributed by atoms with Crippen molar-refractivity contribution in [3.8, 4) is 0 Å². The first-order valence-electron chi connectivity index (χ1n) is 8.57. The molecule has 1 N–H and O–H groups in total. The average Bonchev–Trinajstić information content (AvgIpc) is 2.69. The Morgan fingerprint density at radius 2 is 1.77 bits per heavy atom. The molecule has 0 atom stereocenters. The molecule has 0 radical (unpaired) electrons. The van der Waals surface area contributed by atoms with Crippen LogP contribution in [-0.2, 0) is 21.2 Å². The van der Waals surface area contributed by atoms with Gasteiger partial charge in [0.25, 0.3) is 5.91 Å². The zero-order valence-electron chi connectivity index (χ0n) is 14.4. The largest absolute Gasteiger partial charge is 0.378 e. The van der Waals surface area contributed by atoms with Crippen LogP contribution >= 0.6 is 0 Å². The number of carbonyl (C=O) groups is 1. The van der Waals surface area contributed by atoms with Gasteiger partial charge in [-0.2, -0.15) is 0 Å². The minimum Gasteiger partial charge on any atom is -0.378 e. The summed E-state index contributed by atoms with van der Waals surface area (Å²) in [6.07, 6.45) is 0.604. The van der Waals surface area contributed by atoms with Crippen LogP contribution in [0, 0.1) is 0 Å². The molecule has 1 aliphatic rings. The van der Waals surface area contributed by atoms with Gasteiger partial charge < -0.3 is 9.64 Å². The summed E-state index contributed by atoms with van der Waals surface area (Å²) in [6, 6.07) is 15.8. The number of hydrogen-bond donors (Lipinski definition) is 1. The van der Waals surface area contributed by atoms with Gasteiger partial charge in [-0.05, 0) is 30.2 Å². The van der Waals surface area contributed by atoms with E-state index < -0.39 is 10.0 Å². The van der Waals surface area contributed by atoms with E-state index in [9.17, 15) is 13.2 Å². The van der Waals surface area contributed by atoms with Gasteiger partial charge in [-0.3, -0.25) is 4.79 Å². The Morgan fingerprint density at radius 1 is 1.04 bits per heavy atom. The fourth-order valence-corrected chi connectivity index (χ4v) is 3.88. The first-order valence-corrected chi connectivity index (χ1v) is 10.1. The first kappa shape index (κ1) is 18.6. The second kappa shape index (κ2) is 8.44. The third-order valence-corrected chi connectivity index (χ3v) is 5.70. The Bertz CT molecular complexity index is 847. The van der Waals surface area contributed by atoms with E-state index in [0.29, 0.717) is 44.8 Å². The van der Waals surface area contributed by atoms with Crippen LogP contribution in [0.15, 0.2) is 59.5 Å². The standard InChI is InChI=1S/C19H22N2O4S/c22-19(21-11-13-25-14-12-21)17-7-4-8-18(15-17)26(23,24)20-10-9-16-5-2-1-3-6-16/h1-8,15,20H,9-14H2. The van der Waals surface area contributed by atoms with Gasteiger partial charge in [0, 0.05) is 25.2 Å². The van der Waals surface area contributed by atoms with Crippen molar-refractivity contribution in [1.82, 2.24) is 9.62 Å². The maximum atomic E-state index is 12.5. The molecule has 1 saturated heterocycles. The van der Waals surface area contributed by atoms with Gasteiger partial charge in [0.05, 0.1) is 18.1 Å². The summed E-state index contributed by atoms with van der Waals surface area (Å²) < 4.78 is 32.9. The molecule has 1 aliphatic heterocycles. The fraction of sp³-hybridized carbons (Fsp3) is 0.316. The van der Waals surface area contributed by atoms with Gasteiger partial charge in [0.2, 0.25) is 10.0 Å². The predicted octanol–water partition coefficient (Wildman–Crippen LogP) is 1.68. The smallest absolute Gasteiger partial charge is 0.254 e. The van der Waals surface area contributed by atoms with E-state index >= 15 is 0 Å². The number of carbonyl (C=O) groups excluding carboxylic acids is 1. The summed E-state index contributed by atoms with van der Waals surface area (Å²) in [5, 5.41) is 0. The lowest BCUT2D eigenvalue weighted by molar-refractivity contribution is 0.0302. The van der Waals surface area contributed by atoms with Crippen LogP contribution < -0.4 is 4.72 Å². The minimum atomic E-state index is -3.66. The minimum absolute atomic E-state index is 0.102. The lowest BCUT2D eigenvalue weighted by atomic mass is 10.2. The Labute approximate surface area is 153 Å². The molecule has 6 nitrogen and oxygen atoms in total. The molecule has 0 aliphatic carbocycles. The number of ether oxygens (including phenoxy) is 1. The van der Waals surface area contributed by atoms with E-state index in [4.69, 9.17) is 4.74 Å². The monoisotopic (exact) mass is 374 g/mol. The number of amides is 1. The fourth-order valence-electron chi connectivity index (χ4n) is 2.80. The highest BCUT2D eigenvalue weighted by molar-refractivity contribution is 7.89. The van der Waals surface area contributed by atoms with Gasteiger partial charge >= 0.3 is 0 Å². The summed E-state index contributed by atoms with van der Waals surface area (Å²) in [7, 11) is -3.66. The summed E-state index contributed by atoms with van der Waals surface area (Å²) >= 11 is 0. The Morgan fingerprint density at radius 3 is 2.50 bits per heavy atom. The SMILES string of the molecule is O=C(c1cccc(S(=O)(=O)NCCc2ccccc2)c1)N1CCOCC1. The summed E-state index contributed by atoms with van der Waals surface area (Å²) in [5.74, 6) is -0.172. The molecule has 1 amide bonds. The van der Waals surface area contributed by atoms with E-state index in [1.165, 1.54) is 12.1 Å². The van der Waals surface area contributed by atoms with Crippen LogP contribution in [0.25, 0.3) is 0 Å². The van der Waals surface area contributed by atoms with Crippen LogP contribution in [0.2, 0.25) is 0 Å². The summed E-state index contributed by atoms with van der Waals surface area (Å²) in [4.78, 5) is 14.3. The molecule has 0 aromatic heterocycles. The second-order valence-corrected chi connectivity index (χ2v) is 7.83. The highest BCUT2D eigenvalue weighted by atomic mass is 32.2. The predicted molar refractivity (Wildman–Crippen MR) is 98.5 cm³/mol. The van der Waals surface area contributed by atoms with Gasteiger partial charge in [0.15, 0.2) is 0 Å². The number of nitrogens with one attached hydrogen (secondary N) is 1. The number of rotatable bonds is 6. The molecule has 2 aromatic carbocycles. The maximum absolute atomic E-state index is 12.5. The molecule has 1 fully saturated rings. The molecule has 0 saturated carbocycles. The quantitative estimate of drug-likeness (QED) is 0.835. The van der Waals surface area contributed by atoms with E-state index in [-0.39, 0.29) is 10.8 Å². The van der Waals surface area contributed by atoms with Crippen molar-refractivity contribution < 1.29 is 17.9 Å². The second-order valence-electron chi connectivity index (χ2n) is 6.07. The van der Waals surface area contributed by atoms with E-state index in [2.05, 4.69) is 4.72 Å². The van der Waals surface area contributed by atoms with Crippen molar-refractivity contribution in [2.75, 3.05) is 32.8 Å². The molecule has 26 heavy (non-hydrogen) atoms. The zero-order chi connectivity index (χ0) is 18.4. The highest BCUT2D eigenvalue weighted by Gasteiger charge is 2.21. The molecular weight excluding hydrogens is 352 g/mol. The number of benzene rings is 2. The molecule has 0 unspecified atom stereocenters. The number of hydrogen-bond acceptors (Lipinski definition) is 4. The molecule has 0 bridgehead atoms. The highest BCUT2D eigenvalue weighted by Crippen LogP contribution is 2.14. The molecule has 2 aromatic rings. The van der Waals surface area contributed by atoms with Crippen LogP contribution in [0.1, 0.15) is 15.9 Å². The van der Waals surface area contributed by atoms with Crippen molar-refractivity contribution in [2.24, 2.45) is 0 Å². The summed E-state index contributed by atoms with van der Waals surface area (Å²) in [5.41, 5.74) is 1.43. The number of nitrogens with zero attached hydrogens (tertiary/aromatic N) is 1. The number of morpholine rings is 1. The van der Waals surface area contributed by atoms with Crippen molar-refractivity contribution >= 4 is 15.9 Å².